The Balaban J connectivity index is 1.41. The number of hydrogen-bond donors (Lipinski definition) is 1. The zero-order chi connectivity index (χ0) is 21.1. The van der Waals surface area contributed by atoms with Gasteiger partial charge < -0.3 is 10.1 Å². The van der Waals surface area contributed by atoms with Gasteiger partial charge in [-0.15, -0.1) is 23.1 Å². The van der Waals surface area contributed by atoms with Crippen LogP contribution in [0.4, 0.5) is 11.4 Å². The number of amides is 3. The molecule has 0 bridgehead atoms. The van der Waals surface area contributed by atoms with Crippen molar-refractivity contribution < 1.29 is 19.1 Å². The summed E-state index contributed by atoms with van der Waals surface area (Å²) in [6.45, 7) is 0. The summed E-state index contributed by atoms with van der Waals surface area (Å²) < 4.78 is 5.12. The monoisotopic (exact) mass is 438 g/mol. The van der Waals surface area contributed by atoms with Crippen molar-refractivity contribution in [3.05, 3.63) is 70.9 Å². The minimum atomic E-state index is -0.480. The lowest BCUT2D eigenvalue weighted by Gasteiger charge is -2.15. The van der Waals surface area contributed by atoms with Crippen molar-refractivity contribution in [1.82, 2.24) is 0 Å². The van der Waals surface area contributed by atoms with Gasteiger partial charge in [0.25, 0.3) is 5.91 Å². The fraction of sp³-hybridized carbons (Fsp3) is 0.136. The first-order valence-electron chi connectivity index (χ1n) is 9.17. The predicted octanol–water partition coefficient (Wildman–Crippen LogP) is 4.43. The number of carbonyl (C=O) groups is 3. The fourth-order valence-electron chi connectivity index (χ4n) is 3.08. The molecule has 0 radical (unpaired) electrons. The van der Waals surface area contributed by atoms with E-state index in [9.17, 15) is 14.4 Å². The molecule has 4 rings (SSSR count). The lowest BCUT2D eigenvalue weighted by molar-refractivity contribution is -0.121. The quantitative estimate of drug-likeness (QED) is 0.576. The van der Waals surface area contributed by atoms with Crippen molar-refractivity contribution in [2.24, 2.45) is 0 Å². The van der Waals surface area contributed by atoms with E-state index >= 15 is 0 Å². The third kappa shape index (κ3) is 4.24. The molecule has 3 aromatic rings. The number of rotatable bonds is 6. The zero-order valence-electron chi connectivity index (χ0n) is 16.0. The van der Waals surface area contributed by atoms with E-state index in [-0.39, 0.29) is 24.1 Å². The van der Waals surface area contributed by atoms with Crippen molar-refractivity contribution in [3.63, 3.8) is 0 Å². The number of thioether (sulfide) groups is 1. The predicted molar refractivity (Wildman–Crippen MR) is 118 cm³/mol. The average Bonchev–Trinajstić information content (AvgIpc) is 3.38. The summed E-state index contributed by atoms with van der Waals surface area (Å²) >= 11 is 2.73. The number of hydrogen-bond acceptors (Lipinski definition) is 6. The highest BCUT2D eigenvalue weighted by molar-refractivity contribution is 8.00. The number of ether oxygens (including phenoxy) is 1. The number of nitrogens with zero attached hydrogens (tertiary/aromatic N) is 1. The number of anilines is 2. The van der Waals surface area contributed by atoms with Crippen molar-refractivity contribution >= 4 is 52.2 Å². The van der Waals surface area contributed by atoms with E-state index in [0.29, 0.717) is 22.0 Å². The van der Waals surface area contributed by atoms with Gasteiger partial charge >= 0.3 is 0 Å². The second kappa shape index (κ2) is 8.73. The Kier molecular flexibility index (Phi) is 5.87. The van der Waals surface area contributed by atoms with Gasteiger partial charge in [-0.25, -0.2) is 4.90 Å². The molecule has 2 aromatic carbocycles. The van der Waals surface area contributed by atoms with Crippen LogP contribution in [0, 0.1) is 0 Å². The minimum Gasteiger partial charge on any atom is -0.497 e. The molecule has 152 valence electrons. The number of methoxy groups -OCH3 is 1. The van der Waals surface area contributed by atoms with Crippen molar-refractivity contribution in [3.8, 4) is 5.75 Å². The normalized spacial score (nSPS) is 16.0. The average molecular weight is 439 g/mol. The van der Waals surface area contributed by atoms with Gasteiger partial charge in [-0.3, -0.25) is 14.4 Å². The molecule has 1 saturated heterocycles. The lowest BCUT2D eigenvalue weighted by Crippen LogP contribution is -2.31. The van der Waals surface area contributed by atoms with E-state index in [4.69, 9.17) is 4.74 Å². The molecule has 6 nitrogen and oxygen atoms in total. The highest BCUT2D eigenvalue weighted by Gasteiger charge is 2.40. The van der Waals surface area contributed by atoms with Gasteiger partial charge in [0.15, 0.2) is 0 Å². The van der Waals surface area contributed by atoms with E-state index < -0.39 is 5.25 Å². The van der Waals surface area contributed by atoms with Crippen LogP contribution >= 0.6 is 23.1 Å². The van der Waals surface area contributed by atoms with Gasteiger partial charge in [0.05, 0.1) is 22.9 Å². The molecular weight excluding hydrogens is 420 g/mol. The van der Waals surface area contributed by atoms with Crippen LogP contribution in [0.2, 0.25) is 0 Å². The summed E-state index contributed by atoms with van der Waals surface area (Å²) in [4.78, 5) is 40.1. The maximum atomic E-state index is 12.8. The second-order valence-corrected chi connectivity index (χ2v) is 8.76. The van der Waals surface area contributed by atoms with E-state index in [1.165, 1.54) is 28.0 Å². The van der Waals surface area contributed by atoms with E-state index in [1.54, 1.807) is 49.6 Å². The number of carbonyl (C=O) groups excluding carboxylic acids is 3. The molecule has 1 aliphatic rings. The molecule has 1 atom stereocenters. The first-order chi connectivity index (χ1) is 14.5. The van der Waals surface area contributed by atoms with Crippen molar-refractivity contribution in [2.75, 3.05) is 17.3 Å². The molecule has 0 spiro atoms. The first-order valence-corrected chi connectivity index (χ1v) is 10.9. The Morgan fingerprint density at radius 1 is 1.10 bits per heavy atom. The molecule has 0 aliphatic carbocycles. The number of thiophene rings is 1. The van der Waals surface area contributed by atoms with Crippen LogP contribution in [0.15, 0.2) is 70.9 Å². The van der Waals surface area contributed by atoms with E-state index in [1.807, 2.05) is 23.6 Å². The minimum absolute atomic E-state index is 0.145. The molecule has 1 N–H and O–H groups in total. The van der Waals surface area contributed by atoms with Crippen LogP contribution in [0.3, 0.4) is 0 Å². The smallest absolute Gasteiger partial charge is 0.265 e. The zero-order valence-corrected chi connectivity index (χ0v) is 17.7. The molecule has 0 saturated carbocycles. The maximum Gasteiger partial charge on any atom is 0.265 e. The molecule has 1 fully saturated rings. The van der Waals surface area contributed by atoms with Gasteiger partial charge in [0.2, 0.25) is 11.8 Å². The largest absolute Gasteiger partial charge is 0.497 e. The van der Waals surface area contributed by atoms with Crippen LogP contribution < -0.4 is 15.0 Å². The van der Waals surface area contributed by atoms with Gasteiger partial charge in [0.1, 0.15) is 5.75 Å². The number of benzene rings is 2. The van der Waals surface area contributed by atoms with Gasteiger partial charge in [0, 0.05) is 17.0 Å². The lowest BCUT2D eigenvalue weighted by atomic mass is 10.3. The summed E-state index contributed by atoms with van der Waals surface area (Å²) in [5.74, 6) is 0.0554. The molecule has 8 heteroatoms. The maximum absolute atomic E-state index is 12.8. The van der Waals surface area contributed by atoms with Gasteiger partial charge in [-0.2, -0.15) is 0 Å². The molecule has 30 heavy (non-hydrogen) atoms. The van der Waals surface area contributed by atoms with Gasteiger partial charge in [-0.05, 0) is 60.0 Å². The Morgan fingerprint density at radius 2 is 1.83 bits per heavy atom. The fourth-order valence-corrected chi connectivity index (χ4v) is 4.75. The summed E-state index contributed by atoms with van der Waals surface area (Å²) in [5, 5.41) is 4.21. The molecule has 2 heterocycles. The summed E-state index contributed by atoms with van der Waals surface area (Å²) in [7, 11) is 1.56. The first kappa shape index (κ1) is 20.2. The number of nitrogens with one attached hydrogen (secondary N) is 1. The van der Waals surface area contributed by atoms with Crippen molar-refractivity contribution in [2.45, 2.75) is 16.6 Å². The summed E-state index contributed by atoms with van der Waals surface area (Å²) in [6, 6.07) is 17.7. The second-order valence-electron chi connectivity index (χ2n) is 6.53. The number of imide groups is 1. The Bertz CT molecular complexity index is 1060. The SMILES string of the molecule is COc1ccc(N2C(=O)CC(Sc3ccc(NC(=O)c4cccs4)cc3)C2=O)cc1. The summed E-state index contributed by atoms with van der Waals surface area (Å²) in [6.07, 6.45) is 0.145. The van der Waals surface area contributed by atoms with Gasteiger partial charge in [-0.1, -0.05) is 6.07 Å². The third-order valence-electron chi connectivity index (χ3n) is 4.57. The van der Waals surface area contributed by atoms with Crippen molar-refractivity contribution in [1.29, 1.82) is 0 Å². The van der Waals surface area contributed by atoms with E-state index in [0.717, 1.165) is 4.90 Å². The molecule has 1 aliphatic heterocycles. The summed E-state index contributed by atoms with van der Waals surface area (Å²) in [5.41, 5.74) is 1.21. The molecular formula is C22H18N2O4S2. The van der Waals surface area contributed by atoms with Crippen LogP contribution in [-0.4, -0.2) is 30.1 Å². The third-order valence-corrected chi connectivity index (χ3v) is 6.64. The highest BCUT2D eigenvalue weighted by atomic mass is 32.2. The molecule has 1 unspecified atom stereocenters. The Labute approximate surface area is 181 Å². The molecule has 1 aromatic heterocycles. The van der Waals surface area contributed by atoms with Crippen LogP contribution in [0.5, 0.6) is 5.75 Å². The highest BCUT2D eigenvalue weighted by Crippen LogP contribution is 2.34. The Morgan fingerprint density at radius 3 is 2.47 bits per heavy atom. The van der Waals surface area contributed by atoms with Crippen LogP contribution in [0.1, 0.15) is 16.1 Å². The van der Waals surface area contributed by atoms with Crippen LogP contribution in [0.25, 0.3) is 0 Å². The topological polar surface area (TPSA) is 75.7 Å². The molecule has 3 amide bonds. The Hall–Kier alpha value is -3.10. The van der Waals surface area contributed by atoms with Crippen LogP contribution in [-0.2, 0) is 9.59 Å². The standard InChI is InChI=1S/C22H18N2O4S2/c1-28-16-8-6-15(7-9-16)24-20(25)13-19(22(24)27)30-17-10-4-14(5-11-17)23-21(26)18-3-2-12-29-18/h2-12,19H,13H2,1H3,(H,23,26). The van der Waals surface area contributed by atoms with E-state index in [2.05, 4.69) is 5.32 Å².